The zero-order valence-electron chi connectivity index (χ0n) is 9.69. The molecule has 0 aliphatic carbocycles. The van der Waals surface area contributed by atoms with E-state index in [0.717, 1.165) is 25.9 Å². The Balaban J connectivity index is 1.70. The van der Waals surface area contributed by atoms with E-state index in [-0.39, 0.29) is 18.6 Å². The minimum atomic E-state index is -0.158. The molecule has 0 bridgehead atoms. The smallest absolute Gasteiger partial charge is 0.251 e. The number of rotatable bonds is 4. The largest absolute Gasteiger partial charge is 0.367 e. The number of amides is 1. The van der Waals surface area contributed by atoms with Crippen LogP contribution in [0.4, 0.5) is 5.82 Å². The van der Waals surface area contributed by atoms with Crippen molar-refractivity contribution in [2.24, 2.45) is 0 Å². The van der Waals surface area contributed by atoms with Crippen molar-refractivity contribution in [2.45, 2.75) is 18.9 Å². The molecule has 92 valence electrons. The first kappa shape index (κ1) is 12.0. The van der Waals surface area contributed by atoms with Gasteiger partial charge in [-0.25, -0.2) is 4.98 Å². The first-order chi connectivity index (χ1) is 8.34. The number of hydrogen-bond donors (Lipinski definition) is 2. The molecule has 5 nitrogen and oxygen atoms in total. The molecule has 0 radical (unpaired) electrons. The van der Waals surface area contributed by atoms with E-state index in [9.17, 15) is 4.79 Å². The minimum absolute atomic E-state index is 0.0862. The van der Waals surface area contributed by atoms with E-state index < -0.39 is 0 Å². The third-order valence-electron chi connectivity index (χ3n) is 2.63. The Labute approximate surface area is 101 Å². The van der Waals surface area contributed by atoms with Gasteiger partial charge in [-0.2, -0.15) is 0 Å². The van der Waals surface area contributed by atoms with Crippen LogP contribution in [0.1, 0.15) is 12.8 Å². The molecule has 1 aromatic rings. The molecule has 2 heterocycles. The lowest BCUT2D eigenvalue weighted by molar-refractivity contribution is -0.122. The SMILES string of the molecule is O=C(COC1CCCNC1)Nc1ccccn1. The second-order valence-corrected chi connectivity index (χ2v) is 4.04. The van der Waals surface area contributed by atoms with E-state index in [4.69, 9.17) is 4.74 Å². The molecule has 5 heteroatoms. The first-order valence-electron chi connectivity index (χ1n) is 5.88. The molecule has 1 atom stereocenters. The van der Waals surface area contributed by atoms with Crippen LogP contribution >= 0.6 is 0 Å². The normalized spacial score (nSPS) is 19.9. The van der Waals surface area contributed by atoms with Gasteiger partial charge >= 0.3 is 0 Å². The summed E-state index contributed by atoms with van der Waals surface area (Å²) in [4.78, 5) is 15.6. The van der Waals surface area contributed by atoms with E-state index in [1.807, 2.05) is 6.07 Å². The Hall–Kier alpha value is -1.46. The molecule has 17 heavy (non-hydrogen) atoms. The highest BCUT2D eigenvalue weighted by molar-refractivity contribution is 5.90. The van der Waals surface area contributed by atoms with Crippen molar-refractivity contribution in [3.8, 4) is 0 Å². The van der Waals surface area contributed by atoms with Gasteiger partial charge in [0.25, 0.3) is 5.91 Å². The quantitative estimate of drug-likeness (QED) is 0.810. The Kier molecular flexibility index (Phi) is 4.46. The van der Waals surface area contributed by atoms with E-state index in [0.29, 0.717) is 5.82 Å². The molecule has 1 amide bonds. The number of pyridine rings is 1. The zero-order valence-corrected chi connectivity index (χ0v) is 9.69. The predicted octanol–water partition coefficient (Wildman–Crippen LogP) is 0.789. The Morgan fingerprint density at radius 3 is 3.24 bits per heavy atom. The highest BCUT2D eigenvalue weighted by atomic mass is 16.5. The van der Waals surface area contributed by atoms with Crippen molar-refractivity contribution in [3.05, 3.63) is 24.4 Å². The van der Waals surface area contributed by atoms with Gasteiger partial charge in [-0.15, -0.1) is 0 Å². The summed E-state index contributed by atoms with van der Waals surface area (Å²) in [6.45, 7) is 1.96. The van der Waals surface area contributed by atoms with E-state index in [1.54, 1.807) is 18.3 Å². The molecule has 0 aromatic carbocycles. The van der Waals surface area contributed by atoms with Crippen LogP contribution in [0.2, 0.25) is 0 Å². The predicted molar refractivity (Wildman–Crippen MR) is 64.7 cm³/mol. The molecule has 1 aliphatic rings. The van der Waals surface area contributed by atoms with Gasteiger partial charge in [-0.1, -0.05) is 6.07 Å². The summed E-state index contributed by atoms with van der Waals surface area (Å²) in [5, 5.41) is 5.93. The van der Waals surface area contributed by atoms with Crippen LogP contribution < -0.4 is 10.6 Å². The third-order valence-corrected chi connectivity index (χ3v) is 2.63. The van der Waals surface area contributed by atoms with Gasteiger partial charge in [0.15, 0.2) is 0 Å². The number of piperidine rings is 1. The summed E-state index contributed by atoms with van der Waals surface area (Å²) in [6.07, 6.45) is 3.91. The monoisotopic (exact) mass is 235 g/mol. The van der Waals surface area contributed by atoms with E-state index >= 15 is 0 Å². The Morgan fingerprint density at radius 1 is 1.59 bits per heavy atom. The fourth-order valence-electron chi connectivity index (χ4n) is 1.77. The highest BCUT2D eigenvalue weighted by Gasteiger charge is 2.14. The lowest BCUT2D eigenvalue weighted by Gasteiger charge is -2.22. The second-order valence-electron chi connectivity index (χ2n) is 4.04. The number of hydrogen-bond acceptors (Lipinski definition) is 4. The lowest BCUT2D eigenvalue weighted by Crippen LogP contribution is -2.37. The van der Waals surface area contributed by atoms with Crippen molar-refractivity contribution >= 4 is 11.7 Å². The van der Waals surface area contributed by atoms with Crippen molar-refractivity contribution in [2.75, 3.05) is 25.0 Å². The fraction of sp³-hybridized carbons (Fsp3) is 0.500. The lowest BCUT2D eigenvalue weighted by atomic mass is 10.1. The molecule has 0 spiro atoms. The topological polar surface area (TPSA) is 63.2 Å². The van der Waals surface area contributed by atoms with Crippen LogP contribution in [0.3, 0.4) is 0 Å². The van der Waals surface area contributed by atoms with Gasteiger partial charge in [0, 0.05) is 12.7 Å². The van der Waals surface area contributed by atoms with Crippen molar-refractivity contribution in [3.63, 3.8) is 0 Å². The maximum absolute atomic E-state index is 11.6. The average molecular weight is 235 g/mol. The molecule has 1 saturated heterocycles. The van der Waals surface area contributed by atoms with Gasteiger partial charge in [-0.3, -0.25) is 4.79 Å². The fourth-order valence-corrected chi connectivity index (χ4v) is 1.77. The number of carbonyl (C=O) groups excluding carboxylic acids is 1. The van der Waals surface area contributed by atoms with Gasteiger partial charge in [-0.05, 0) is 31.5 Å². The Morgan fingerprint density at radius 2 is 2.53 bits per heavy atom. The van der Waals surface area contributed by atoms with Gasteiger partial charge in [0.1, 0.15) is 12.4 Å². The van der Waals surface area contributed by atoms with Gasteiger partial charge < -0.3 is 15.4 Å². The summed E-state index contributed by atoms with van der Waals surface area (Å²) in [7, 11) is 0. The van der Waals surface area contributed by atoms with Crippen LogP contribution in [0.5, 0.6) is 0 Å². The number of carbonyl (C=O) groups is 1. The van der Waals surface area contributed by atoms with E-state index in [1.165, 1.54) is 0 Å². The summed E-state index contributed by atoms with van der Waals surface area (Å²) in [6, 6.07) is 5.38. The maximum Gasteiger partial charge on any atom is 0.251 e. The standard InChI is InChI=1S/C12H17N3O2/c16-12(15-11-5-1-2-7-14-11)9-17-10-4-3-6-13-8-10/h1-2,5,7,10,13H,3-4,6,8-9H2,(H,14,15,16). The molecule has 2 N–H and O–H groups in total. The molecular weight excluding hydrogens is 218 g/mol. The minimum Gasteiger partial charge on any atom is -0.367 e. The first-order valence-corrected chi connectivity index (χ1v) is 5.88. The van der Waals surface area contributed by atoms with Crippen LogP contribution in [-0.4, -0.2) is 36.7 Å². The van der Waals surface area contributed by atoms with Crippen molar-refractivity contribution in [1.29, 1.82) is 0 Å². The molecular formula is C12H17N3O2. The molecule has 1 aliphatic heterocycles. The molecule has 1 aromatic heterocycles. The van der Waals surface area contributed by atoms with Crippen LogP contribution in [-0.2, 0) is 9.53 Å². The number of nitrogens with one attached hydrogen (secondary N) is 2. The van der Waals surface area contributed by atoms with Gasteiger partial charge in [0.2, 0.25) is 0 Å². The molecule has 1 fully saturated rings. The molecule has 1 unspecified atom stereocenters. The van der Waals surface area contributed by atoms with Crippen molar-refractivity contribution < 1.29 is 9.53 Å². The van der Waals surface area contributed by atoms with Crippen LogP contribution in [0.25, 0.3) is 0 Å². The third kappa shape index (κ3) is 4.13. The van der Waals surface area contributed by atoms with E-state index in [2.05, 4.69) is 15.6 Å². The summed E-state index contributed by atoms with van der Waals surface area (Å²) >= 11 is 0. The summed E-state index contributed by atoms with van der Waals surface area (Å²) in [5.41, 5.74) is 0. The van der Waals surface area contributed by atoms with Gasteiger partial charge in [0.05, 0.1) is 6.10 Å². The highest BCUT2D eigenvalue weighted by Crippen LogP contribution is 2.06. The summed E-state index contributed by atoms with van der Waals surface area (Å²) in [5.74, 6) is 0.400. The zero-order chi connectivity index (χ0) is 11.9. The number of anilines is 1. The molecule has 2 rings (SSSR count). The average Bonchev–Trinajstić information content (AvgIpc) is 2.39. The van der Waals surface area contributed by atoms with Crippen LogP contribution in [0.15, 0.2) is 24.4 Å². The Bertz CT molecular complexity index is 350. The van der Waals surface area contributed by atoms with Crippen molar-refractivity contribution in [1.82, 2.24) is 10.3 Å². The maximum atomic E-state index is 11.6. The number of ether oxygens (including phenoxy) is 1. The summed E-state index contributed by atoms with van der Waals surface area (Å²) < 4.78 is 5.51. The molecule has 0 saturated carbocycles. The second kappa shape index (κ2) is 6.32. The number of nitrogens with zero attached hydrogens (tertiary/aromatic N) is 1. The van der Waals surface area contributed by atoms with Crippen LogP contribution in [0, 0.1) is 0 Å². The number of aromatic nitrogens is 1.